The number of nitrogens with one attached hydrogen (secondary N) is 2. The second-order valence-electron chi connectivity index (χ2n) is 6.79. The molecule has 1 aliphatic heterocycles. The van der Waals surface area contributed by atoms with E-state index < -0.39 is 6.09 Å². The number of urea groups is 1. The molecule has 2 aromatic carbocycles. The Kier molecular flexibility index (Phi) is 6.37. The number of carbonyl (C=O) groups is 2. The maximum Gasteiger partial charge on any atom is 0.407 e. The van der Waals surface area contributed by atoms with E-state index >= 15 is 0 Å². The second-order valence-corrected chi connectivity index (χ2v) is 6.79. The number of carbonyl (C=O) groups excluding carboxylic acids is 1. The normalized spacial score (nSPS) is 13.9. The zero-order chi connectivity index (χ0) is 19.9. The Balaban J connectivity index is 1.56. The van der Waals surface area contributed by atoms with Gasteiger partial charge in [-0.2, -0.15) is 0 Å². The van der Waals surface area contributed by atoms with Crippen molar-refractivity contribution >= 4 is 29.2 Å². The standard InChI is InChI=1S/C21H26N4O3/c1-2-5-16-6-3-4-7-19(16)23-20(26)22-17-8-10-18(11-9-17)24-12-14-25(15-13-24)21(27)28/h3-4,6-11H,2,5,12-15H2,1H3,(H,27,28)(H2,22,23,26). The summed E-state index contributed by atoms with van der Waals surface area (Å²) in [5, 5.41) is 14.8. The van der Waals surface area contributed by atoms with Gasteiger partial charge >= 0.3 is 12.1 Å². The van der Waals surface area contributed by atoms with Crippen LogP contribution in [0.4, 0.5) is 26.7 Å². The number of para-hydroxylation sites is 1. The molecule has 0 unspecified atom stereocenters. The molecule has 7 heteroatoms. The fourth-order valence-electron chi connectivity index (χ4n) is 3.33. The molecule has 1 saturated heterocycles. The highest BCUT2D eigenvalue weighted by molar-refractivity contribution is 6.00. The number of anilines is 3. The third-order valence-corrected chi connectivity index (χ3v) is 4.83. The Labute approximate surface area is 165 Å². The van der Waals surface area contributed by atoms with Gasteiger partial charge in [-0.3, -0.25) is 0 Å². The van der Waals surface area contributed by atoms with E-state index in [9.17, 15) is 9.59 Å². The molecule has 2 aromatic rings. The van der Waals surface area contributed by atoms with Crippen molar-refractivity contribution in [3.63, 3.8) is 0 Å². The minimum absolute atomic E-state index is 0.272. The van der Waals surface area contributed by atoms with Crippen molar-refractivity contribution in [2.24, 2.45) is 0 Å². The molecular formula is C21H26N4O3. The first-order valence-corrected chi connectivity index (χ1v) is 9.55. The van der Waals surface area contributed by atoms with Gasteiger partial charge in [0.05, 0.1) is 0 Å². The molecule has 0 aliphatic carbocycles. The maximum atomic E-state index is 12.3. The molecule has 0 aromatic heterocycles. The van der Waals surface area contributed by atoms with E-state index in [1.807, 2.05) is 48.5 Å². The van der Waals surface area contributed by atoms with E-state index in [4.69, 9.17) is 5.11 Å². The van der Waals surface area contributed by atoms with E-state index in [1.165, 1.54) is 4.90 Å². The number of nitrogens with zero attached hydrogens (tertiary/aromatic N) is 2. The molecule has 0 saturated carbocycles. The number of amides is 3. The smallest absolute Gasteiger partial charge is 0.407 e. The van der Waals surface area contributed by atoms with Gasteiger partial charge in [0.1, 0.15) is 0 Å². The fraction of sp³-hybridized carbons (Fsp3) is 0.333. The Morgan fingerprint density at radius 1 is 0.964 bits per heavy atom. The molecule has 28 heavy (non-hydrogen) atoms. The van der Waals surface area contributed by atoms with Crippen LogP contribution < -0.4 is 15.5 Å². The lowest BCUT2D eigenvalue weighted by Gasteiger charge is -2.34. The number of piperazine rings is 1. The topological polar surface area (TPSA) is 84.9 Å². The Morgan fingerprint density at radius 2 is 1.64 bits per heavy atom. The summed E-state index contributed by atoms with van der Waals surface area (Å²) in [7, 11) is 0. The molecule has 0 bridgehead atoms. The monoisotopic (exact) mass is 382 g/mol. The van der Waals surface area contributed by atoms with Crippen LogP contribution in [-0.4, -0.2) is 48.3 Å². The zero-order valence-corrected chi connectivity index (χ0v) is 16.0. The number of rotatable bonds is 5. The van der Waals surface area contributed by atoms with Gasteiger partial charge in [0.25, 0.3) is 0 Å². The van der Waals surface area contributed by atoms with Gasteiger partial charge in [0.15, 0.2) is 0 Å². The maximum absolute atomic E-state index is 12.3. The molecule has 1 aliphatic rings. The number of carboxylic acid groups (broad SMARTS) is 1. The molecule has 0 spiro atoms. The molecule has 1 fully saturated rings. The molecule has 1 heterocycles. The average molecular weight is 382 g/mol. The van der Waals surface area contributed by atoms with Crippen molar-refractivity contribution in [3.8, 4) is 0 Å². The van der Waals surface area contributed by atoms with Crippen LogP contribution in [0.2, 0.25) is 0 Å². The first-order valence-electron chi connectivity index (χ1n) is 9.55. The van der Waals surface area contributed by atoms with Crippen molar-refractivity contribution in [1.82, 2.24) is 4.90 Å². The Bertz CT molecular complexity index is 815. The summed E-state index contributed by atoms with van der Waals surface area (Å²) in [6.45, 7) is 4.42. The molecule has 7 nitrogen and oxygen atoms in total. The van der Waals surface area contributed by atoms with Crippen LogP contribution in [0.3, 0.4) is 0 Å². The largest absolute Gasteiger partial charge is 0.465 e. The number of aryl methyl sites for hydroxylation is 1. The summed E-state index contributed by atoms with van der Waals surface area (Å²) in [6.07, 6.45) is 1.06. The lowest BCUT2D eigenvalue weighted by molar-refractivity contribution is 0.142. The van der Waals surface area contributed by atoms with Crippen molar-refractivity contribution in [1.29, 1.82) is 0 Å². The number of benzene rings is 2. The van der Waals surface area contributed by atoms with Gasteiger partial charge in [-0.15, -0.1) is 0 Å². The van der Waals surface area contributed by atoms with Crippen molar-refractivity contribution < 1.29 is 14.7 Å². The van der Waals surface area contributed by atoms with E-state index in [0.717, 1.165) is 29.8 Å². The predicted octanol–water partition coefficient (Wildman–Crippen LogP) is 4.08. The number of hydrogen-bond acceptors (Lipinski definition) is 3. The molecule has 3 N–H and O–H groups in total. The van der Waals surface area contributed by atoms with Crippen LogP contribution in [0.1, 0.15) is 18.9 Å². The lowest BCUT2D eigenvalue weighted by Crippen LogP contribution is -2.48. The van der Waals surface area contributed by atoms with Gasteiger partial charge in [-0.1, -0.05) is 31.5 Å². The Hall–Kier alpha value is -3.22. The zero-order valence-electron chi connectivity index (χ0n) is 16.0. The first kappa shape index (κ1) is 19.5. The van der Waals surface area contributed by atoms with E-state index in [1.54, 1.807) is 0 Å². The van der Waals surface area contributed by atoms with Gasteiger partial charge in [0.2, 0.25) is 0 Å². The summed E-state index contributed by atoms with van der Waals surface area (Å²) < 4.78 is 0. The van der Waals surface area contributed by atoms with Crippen LogP contribution in [0.25, 0.3) is 0 Å². The lowest BCUT2D eigenvalue weighted by atomic mass is 10.1. The van der Waals surface area contributed by atoms with Crippen LogP contribution in [0, 0.1) is 0 Å². The first-order chi connectivity index (χ1) is 13.6. The summed E-state index contributed by atoms with van der Waals surface area (Å²) in [5.41, 5.74) is 3.67. The van der Waals surface area contributed by atoms with E-state index in [-0.39, 0.29) is 6.03 Å². The Morgan fingerprint density at radius 3 is 2.29 bits per heavy atom. The van der Waals surface area contributed by atoms with Crippen molar-refractivity contribution in [2.75, 3.05) is 41.7 Å². The van der Waals surface area contributed by atoms with Crippen LogP contribution in [0.15, 0.2) is 48.5 Å². The highest BCUT2D eigenvalue weighted by atomic mass is 16.4. The predicted molar refractivity (Wildman–Crippen MR) is 111 cm³/mol. The molecular weight excluding hydrogens is 356 g/mol. The highest BCUT2D eigenvalue weighted by Crippen LogP contribution is 2.21. The second kappa shape index (κ2) is 9.12. The van der Waals surface area contributed by atoms with Gasteiger partial charge in [0, 0.05) is 43.2 Å². The number of hydrogen-bond donors (Lipinski definition) is 3. The summed E-state index contributed by atoms with van der Waals surface area (Å²) in [5.74, 6) is 0. The summed E-state index contributed by atoms with van der Waals surface area (Å²) in [4.78, 5) is 26.9. The van der Waals surface area contributed by atoms with Crippen molar-refractivity contribution in [2.45, 2.75) is 19.8 Å². The van der Waals surface area contributed by atoms with Crippen molar-refractivity contribution in [3.05, 3.63) is 54.1 Å². The molecule has 0 radical (unpaired) electrons. The summed E-state index contributed by atoms with van der Waals surface area (Å²) >= 11 is 0. The van der Waals surface area contributed by atoms with Crippen LogP contribution >= 0.6 is 0 Å². The van der Waals surface area contributed by atoms with Crippen LogP contribution in [-0.2, 0) is 6.42 Å². The molecule has 3 amide bonds. The minimum atomic E-state index is -0.870. The average Bonchev–Trinajstić information content (AvgIpc) is 2.70. The van der Waals surface area contributed by atoms with Crippen LogP contribution in [0.5, 0.6) is 0 Å². The van der Waals surface area contributed by atoms with E-state index in [0.29, 0.717) is 31.9 Å². The highest BCUT2D eigenvalue weighted by Gasteiger charge is 2.20. The molecule has 3 rings (SSSR count). The minimum Gasteiger partial charge on any atom is -0.465 e. The SMILES string of the molecule is CCCc1ccccc1NC(=O)Nc1ccc(N2CCN(C(=O)O)CC2)cc1. The third kappa shape index (κ3) is 4.94. The quantitative estimate of drug-likeness (QED) is 0.727. The third-order valence-electron chi connectivity index (χ3n) is 4.83. The van der Waals surface area contributed by atoms with Gasteiger partial charge in [-0.25, -0.2) is 9.59 Å². The fourth-order valence-corrected chi connectivity index (χ4v) is 3.33. The van der Waals surface area contributed by atoms with Gasteiger partial charge in [-0.05, 0) is 42.3 Å². The molecule has 0 atom stereocenters. The summed E-state index contributed by atoms with van der Waals surface area (Å²) in [6, 6.07) is 15.1. The molecule has 148 valence electrons. The van der Waals surface area contributed by atoms with E-state index in [2.05, 4.69) is 22.5 Å². The van der Waals surface area contributed by atoms with Gasteiger partial charge < -0.3 is 25.5 Å².